The second-order valence-corrected chi connectivity index (χ2v) is 6.02. The minimum atomic E-state index is -3.64. The monoisotopic (exact) mass is 280 g/mol. The van der Waals surface area contributed by atoms with Crippen molar-refractivity contribution in [1.29, 1.82) is 0 Å². The first kappa shape index (κ1) is 13.6. The lowest BCUT2D eigenvalue weighted by Crippen LogP contribution is -2.13. The summed E-state index contributed by atoms with van der Waals surface area (Å²) in [6, 6.07) is 6.86. The third kappa shape index (κ3) is 3.12. The fourth-order valence-corrected chi connectivity index (χ4v) is 2.63. The molecule has 0 spiro atoms. The third-order valence-corrected chi connectivity index (χ3v) is 3.91. The van der Waals surface area contributed by atoms with E-state index in [0.717, 1.165) is 5.56 Å². The largest absolute Gasteiger partial charge is 0.339 e. The molecule has 3 N–H and O–H groups in total. The van der Waals surface area contributed by atoms with Crippen molar-refractivity contribution in [3.63, 3.8) is 0 Å². The highest BCUT2D eigenvalue weighted by atomic mass is 32.2. The van der Waals surface area contributed by atoms with Crippen LogP contribution in [-0.2, 0) is 17.1 Å². The van der Waals surface area contributed by atoms with Crippen molar-refractivity contribution in [2.45, 2.75) is 18.0 Å². The van der Waals surface area contributed by atoms with Gasteiger partial charge < -0.3 is 10.3 Å². The molecule has 0 aliphatic rings. The predicted molar refractivity (Wildman–Crippen MR) is 73.1 cm³/mol. The van der Waals surface area contributed by atoms with Gasteiger partial charge in [0.05, 0.1) is 6.33 Å². The van der Waals surface area contributed by atoms with Crippen molar-refractivity contribution in [2.75, 3.05) is 4.72 Å². The maximum absolute atomic E-state index is 12.0. The molecule has 0 radical (unpaired) electrons. The number of anilines is 1. The smallest absolute Gasteiger partial charge is 0.280 e. The van der Waals surface area contributed by atoms with Crippen LogP contribution in [0.4, 0.5) is 5.69 Å². The highest BCUT2D eigenvalue weighted by Gasteiger charge is 2.16. The van der Waals surface area contributed by atoms with Gasteiger partial charge in [0.1, 0.15) is 0 Å². The Balaban J connectivity index is 2.21. The molecule has 0 fully saturated rings. The van der Waals surface area contributed by atoms with Gasteiger partial charge in [-0.3, -0.25) is 4.72 Å². The minimum Gasteiger partial charge on any atom is -0.339 e. The molecule has 0 aliphatic heterocycles. The van der Waals surface area contributed by atoms with Gasteiger partial charge in [-0.25, -0.2) is 4.98 Å². The topological polar surface area (TPSA) is 90.0 Å². The number of aryl methyl sites for hydroxylation is 1. The number of imidazole rings is 1. The summed E-state index contributed by atoms with van der Waals surface area (Å²) >= 11 is 0. The molecule has 0 saturated carbocycles. The van der Waals surface area contributed by atoms with Crippen LogP contribution in [0.5, 0.6) is 0 Å². The molecule has 0 aliphatic carbocycles. The number of rotatable bonds is 4. The number of nitrogens with two attached hydrogens (primary N) is 1. The Morgan fingerprint density at radius 1 is 1.32 bits per heavy atom. The summed E-state index contributed by atoms with van der Waals surface area (Å²) in [6.45, 7) is 1.87. The first-order valence-corrected chi connectivity index (χ1v) is 7.23. The van der Waals surface area contributed by atoms with Gasteiger partial charge in [-0.2, -0.15) is 8.42 Å². The van der Waals surface area contributed by atoms with Gasteiger partial charge in [0.25, 0.3) is 10.0 Å². The average molecular weight is 280 g/mol. The Morgan fingerprint density at radius 3 is 2.42 bits per heavy atom. The van der Waals surface area contributed by atoms with Crippen molar-refractivity contribution in [3.05, 3.63) is 42.4 Å². The molecule has 1 heterocycles. The minimum absolute atomic E-state index is 0.00808. The van der Waals surface area contributed by atoms with Crippen LogP contribution in [0.2, 0.25) is 0 Å². The summed E-state index contributed by atoms with van der Waals surface area (Å²) in [5.41, 5.74) is 7.16. The Labute approximate surface area is 112 Å². The average Bonchev–Trinajstić information content (AvgIpc) is 2.77. The van der Waals surface area contributed by atoms with E-state index >= 15 is 0 Å². The molecule has 0 amide bonds. The highest BCUT2D eigenvalue weighted by Crippen LogP contribution is 2.17. The first-order valence-electron chi connectivity index (χ1n) is 5.75. The van der Waals surface area contributed by atoms with Crippen LogP contribution < -0.4 is 10.5 Å². The van der Waals surface area contributed by atoms with Gasteiger partial charge in [-0.1, -0.05) is 12.1 Å². The molecule has 1 aromatic carbocycles. The van der Waals surface area contributed by atoms with E-state index in [1.807, 2.05) is 6.92 Å². The van der Waals surface area contributed by atoms with Crippen molar-refractivity contribution < 1.29 is 8.42 Å². The number of sulfonamides is 1. The molecular formula is C12H16N4O2S. The van der Waals surface area contributed by atoms with Crippen molar-refractivity contribution >= 4 is 15.7 Å². The Bertz CT molecular complexity index is 659. The number of nitrogens with zero attached hydrogens (tertiary/aromatic N) is 2. The second kappa shape index (κ2) is 5.02. The van der Waals surface area contributed by atoms with Gasteiger partial charge >= 0.3 is 0 Å². The van der Waals surface area contributed by atoms with Crippen LogP contribution in [0, 0.1) is 0 Å². The Hall–Kier alpha value is -1.86. The molecule has 0 bridgehead atoms. The summed E-state index contributed by atoms with van der Waals surface area (Å²) in [4.78, 5) is 3.82. The Kier molecular flexibility index (Phi) is 3.59. The standard InChI is InChI=1S/C12H16N4O2S/c1-9(13)10-3-5-11(6-4-10)15-19(17,18)12-7-16(2)8-14-12/h3-9,15H,13H2,1-2H3. The van der Waals surface area contributed by atoms with Crippen molar-refractivity contribution in [1.82, 2.24) is 9.55 Å². The van der Waals surface area contributed by atoms with E-state index < -0.39 is 10.0 Å². The van der Waals surface area contributed by atoms with Crippen LogP contribution in [0.15, 0.2) is 41.8 Å². The lowest BCUT2D eigenvalue weighted by molar-refractivity contribution is 0.598. The lowest BCUT2D eigenvalue weighted by atomic mass is 10.1. The summed E-state index contributed by atoms with van der Waals surface area (Å²) in [5.74, 6) is 0. The van der Waals surface area contributed by atoms with Crippen molar-refractivity contribution in [3.8, 4) is 0 Å². The zero-order valence-electron chi connectivity index (χ0n) is 10.7. The molecule has 1 aromatic heterocycles. The van der Waals surface area contributed by atoms with Crippen LogP contribution >= 0.6 is 0 Å². The van der Waals surface area contributed by atoms with E-state index in [-0.39, 0.29) is 11.1 Å². The summed E-state index contributed by atoms with van der Waals surface area (Å²) < 4.78 is 28.1. The van der Waals surface area contributed by atoms with Gasteiger partial charge in [-0.05, 0) is 24.6 Å². The maximum atomic E-state index is 12.0. The van der Waals surface area contributed by atoms with E-state index in [2.05, 4.69) is 9.71 Å². The van der Waals surface area contributed by atoms with Crippen molar-refractivity contribution in [2.24, 2.45) is 12.8 Å². The number of hydrogen-bond donors (Lipinski definition) is 2. The van der Waals surface area contributed by atoms with Crippen LogP contribution in [0.25, 0.3) is 0 Å². The number of nitrogens with one attached hydrogen (secondary N) is 1. The molecule has 102 valence electrons. The fourth-order valence-electron chi connectivity index (χ4n) is 1.59. The molecule has 1 unspecified atom stereocenters. The molecule has 7 heteroatoms. The highest BCUT2D eigenvalue weighted by molar-refractivity contribution is 7.92. The lowest BCUT2D eigenvalue weighted by Gasteiger charge is -2.08. The van der Waals surface area contributed by atoms with Crippen LogP contribution in [-0.4, -0.2) is 18.0 Å². The summed E-state index contributed by atoms with van der Waals surface area (Å²) in [7, 11) is -1.93. The van der Waals surface area contributed by atoms with E-state index in [0.29, 0.717) is 5.69 Å². The van der Waals surface area contributed by atoms with Gasteiger partial charge in [-0.15, -0.1) is 0 Å². The number of aromatic nitrogens is 2. The summed E-state index contributed by atoms with van der Waals surface area (Å²) in [6.07, 6.45) is 2.88. The SMILES string of the molecule is CC(N)c1ccc(NS(=O)(=O)c2cn(C)cn2)cc1. The number of benzene rings is 1. The third-order valence-electron chi connectivity index (χ3n) is 2.65. The quantitative estimate of drug-likeness (QED) is 0.881. The summed E-state index contributed by atoms with van der Waals surface area (Å²) in [5, 5.41) is -0.00808. The first-order chi connectivity index (χ1) is 8.88. The molecule has 2 aromatic rings. The molecule has 19 heavy (non-hydrogen) atoms. The Morgan fingerprint density at radius 2 is 1.95 bits per heavy atom. The van der Waals surface area contributed by atoms with E-state index in [4.69, 9.17) is 5.73 Å². The molecule has 1 atom stereocenters. The van der Waals surface area contributed by atoms with Crippen LogP contribution in [0.3, 0.4) is 0 Å². The van der Waals surface area contributed by atoms with E-state index in [1.165, 1.54) is 12.5 Å². The maximum Gasteiger partial charge on any atom is 0.280 e. The normalized spacial score (nSPS) is 13.2. The molecule has 2 rings (SSSR count). The van der Waals surface area contributed by atoms with Gasteiger partial charge in [0.15, 0.2) is 5.03 Å². The fraction of sp³-hybridized carbons (Fsp3) is 0.250. The predicted octanol–water partition coefficient (Wildman–Crippen LogP) is 1.24. The van der Waals surface area contributed by atoms with E-state index in [1.54, 1.807) is 35.9 Å². The van der Waals surface area contributed by atoms with E-state index in [9.17, 15) is 8.42 Å². The molecule has 0 saturated heterocycles. The van der Waals surface area contributed by atoms with Crippen LogP contribution in [0.1, 0.15) is 18.5 Å². The number of hydrogen-bond acceptors (Lipinski definition) is 4. The molecule has 6 nitrogen and oxygen atoms in total. The zero-order chi connectivity index (χ0) is 14.0. The van der Waals surface area contributed by atoms with Gasteiger partial charge in [0.2, 0.25) is 0 Å². The second-order valence-electron chi connectivity index (χ2n) is 4.39. The molecular weight excluding hydrogens is 264 g/mol. The zero-order valence-corrected chi connectivity index (χ0v) is 11.6. The van der Waals surface area contributed by atoms with Gasteiger partial charge in [0, 0.05) is 25.0 Å².